The van der Waals surface area contributed by atoms with Crippen LogP contribution in [-0.4, -0.2) is 27.1 Å². The Hall–Kier alpha value is -4.09. The normalized spacial score (nSPS) is 13.4. The molecule has 0 amide bonds. The third-order valence-electron chi connectivity index (χ3n) is 7.14. The second-order valence-electron chi connectivity index (χ2n) is 9.49. The summed E-state index contributed by atoms with van der Waals surface area (Å²) in [7, 11) is 0. The molecule has 5 nitrogen and oxygen atoms in total. The van der Waals surface area contributed by atoms with Crippen molar-refractivity contribution in [2.45, 2.75) is 32.1 Å². The highest BCUT2D eigenvalue weighted by Gasteiger charge is 2.21. The third-order valence-corrected chi connectivity index (χ3v) is 7.38. The van der Waals surface area contributed by atoms with Gasteiger partial charge in [-0.3, -0.25) is 9.59 Å². The van der Waals surface area contributed by atoms with Gasteiger partial charge in [0.2, 0.25) is 0 Å². The number of H-pyrrole nitrogens is 1. The topological polar surface area (TPSA) is 90.4 Å². The SMILES string of the molecule is CC(C(=O)O)c1ccc2c(c1)Cc1ccccc1-2.CC(C(=O)O)c1ccc2c(c1)[nH]c1ccc(Cl)cc12. The standard InChI is InChI=1S/C16H14O2.C15H12ClNO2/c1-10(16(17)18)11-6-7-15-13(8-11)9-12-4-2-3-5-14(12)15;1-8(15(18)19)9-2-4-11-12-7-10(16)3-5-13(12)17-14(11)6-9/h2-8,10H,9H2,1H3,(H,17,18);2-8,17H,1H3,(H,18,19). The number of hydrogen-bond donors (Lipinski definition) is 3. The molecule has 5 aromatic rings. The number of carbonyl (C=O) groups is 2. The van der Waals surface area contributed by atoms with Gasteiger partial charge in [-0.15, -0.1) is 0 Å². The maximum Gasteiger partial charge on any atom is 0.310 e. The molecule has 3 N–H and O–H groups in total. The van der Waals surface area contributed by atoms with Crippen molar-refractivity contribution in [1.29, 1.82) is 0 Å². The van der Waals surface area contributed by atoms with Crippen molar-refractivity contribution >= 4 is 45.3 Å². The van der Waals surface area contributed by atoms with E-state index in [4.69, 9.17) is 21.8 Å². The summed E-state index contributed by atoms with van der Waals surface area (Å²) in [5.41, 5.74) is 8.69. The number of rotatable bonds is 4. The lowest BCUT2D eigenvalue weighted by Gasteiger charge is -2.09. The van der Waals surface area contributed by atoms with E-state index in [-0.39, 0.29) is 0 Å². The number of carboxylic acid groups (broad SMARTS) is 2. The molecule has 0 fully saturated rings. The van der Waals surface area contributed by atoms with Gasteiger partial charge >= 0.3 is 11.9 Å². The Morgan fingerprint density at radius 3 is 2.11 bits per heavy atom. The third kappa shape index (κ3) is 4.70. The largest absolute Gasteiger partial charge is 0.481 e. The quantitative estimate of drug-likeness (QED) is 0.227. The molecule has 4 aromatic carbocycles. The van der Waals surface area contributed by atoms with Crippen LogP contribution < -0.4 is 0 Å². The minimum absolute atomic E-state index is 0.445. The number of aliphatic carboxylic acids is 2. The zero-order chi connectivity index (χ0) is 26.3. The molecule has 37 heavy (non-hydrogen) atoms. The monoisotopic (exact) mass is 511 g/mol. The van der Waals surface area contributed by atoms with Crippen LogP contribution in [0, 0.1) is 0 Å². The number of nitrogens with one attached hydrogen (secondary N) is 1. The molecule has 0 radical (unpaired) electrons. The average molecular weight is 512 g/mol. The van der Waals surface area contributed by atoms with Crippen molar-refractivity contribution in [1.82, 2.24) is 4.98 Å². The summed E-state index contributed by atoms with van der Waals surface area (Å²) in [5.74, 6) is -2.55. The molecule has 0 saturated carbocycles. The van der Waals surface area contributed by atoms with Crippen LogP contribution in [0.1, 0.15) is 47.9 Å². The number of halogens is 1. The van der Waals surface area contributed by atoms with Crippen molar-refractivity contribution in [3.63, 3.8) is 0 Å². The Kier molecular flexibility index (Phi) is 6.48. The summed E-state index contributed by atoms with van der Waals surface area (Å²) >= 11 is 6.01. The van der Waals surface area contributed by atoms with E-state index in [0.29, 0.717) is 5.02 Å². The number of hydrogen-bond acceptors (Lipinski definition) is 2. The van der Waals surface area contributed by atoms with Crippen LogP contribution in [0.4, 0.5) is 0 Å². The molecule has 6 rings (SSSR count). The van der Waals surface area contributed by atoms with E-state index in [1.165, 1.54) is 22.3 Å². The van der Waals surface area contributed by atoms with Gasteiger partial charge in [0.25, 0.3) is 0 Å². The fraction of sp³-hybridized carbons (Fsp3) is 0.161. The Labute approximate surface area is 219 Å². The van der Waals surface area contributed by atoms with Gasteiger partial charge in [-0.1, -0.05) is 66.2 Å². The lowest BCUT2D eigenvalue weighted by molar-refractivity contribution is -0.139. The maximum atomic E-state index is 11.0. The van der Waals surface area contributed by atoms with E-state index in [1.807, 2.05) is 60.7 Å². The van der Waals surface area contributed by atoms with Crippen molar-refractivity contribution in [3.8, 4) is 11.1 Å². The maximum absolute atomic E-state index is 11.0. The van der Waals surface area contributed by atoms with Crippen LogP contribution >= 0.6 is 11.6 Å². The van der Waals surface area contributed by atoms with Crippen LogP contribution in [0.25, 0.3) is 32.9 Å². The molecular weight excluding hydrogens is 486 g/mol. The van der Waals surface area contributed by atoms with Crippen molar-refractivity contribution in [2.75, 3.05) is 0 Å². The zero-order valence-electron chi connectivity index (χ0n) is 20.5. The van der Waals surface area contributed by atoms with Crippen LogP contribution in [0.2, 0.25) is 5.02 Å². The number of benzene rings is 4. The summed E-state index contributed by atoms with van der Waals surface area (Å²) in [6, 6.07) is 25.7. The Balaban J connectivity index is 0.000000152. The minimum atomic E-state index is -0.821. The first-order valence-electron chi connectivity index (χ1n) is 12.1. The second kappa shape index (κ2) is 9.75. The molecule has 1 heterocycles. The average Bonchev–Trinajstić information content (AvgIpc) is 3.44. The Morgan fingerprint density at radius 2 is 1.38 bits per heavy atom. The molecule has 6 heteroatoms. The molecule has 186 valence electrons. The van der Waals surface area contributed by atoms with E-state index in [9.17, 15) is 9.59 Å². The number of carboxylic acids is 2. The van der Waals surface area contributed by atoms with Crippen molar-refractivity contribution < 1.29 is 19.8 Å². The minimum Gasteiger partial charge on any atom is -0.481 e. The molecular formula is C31H26ClNO4. The molecule has 1 aliphatic rings. The van der Waals surface area contributed by atoms with Crippen LogP contribution in [-0.2, 0) is 16.0 Å². The molecule has 0 saturated heterocycles. The molecule has 0 spiro atoms. The van der Waals surface area contributed by atoms with Gasteiger partial charge < -0.3 is 15.2 Å². The van der Waals surface area contributed by atoms with Crippen LogP contribution in [0.5, 0.6) is 0 Å². The summed E-state index contributed by atoms with van der Waals surface area (Å²) in [6.45, 7) is 3.41. The van der Waals surface area contributed by atoms with Crippen molar-refractivity contribution in [2.24, 2.45) is 0 Å². The lowest BCUT2D eigenvalue weighted by atomic mass is 9.96. The predicted molar refractivity (Wildman–Crippen MR) is 148 cm³/mol. The molecule has 1 aliphatic carbocycles. The highest BCUT2D eigenvalue weighted by atomic mass is 35.5. The number of aromatic nitrogens is 1. The second-order valence-corrected chi connectivity index (χ2v) is 9.93. The van der Waals surface area contributed by atoms with Crippen molar-refractivity contribution in [3.05, 3.63) is 106 Å². The summed E-state index contributed by atoms with van der Waals surface area (Å²) in [4.78, 5) is 25.3. The first-order valence-corrected chi connectivity index (χ1v) is 12.5. The predicted octanol–water partition coefficient (Wildman–Crippen LogP) is 7.61. The first kappa shape index (κ1) is 24.6. The lowest BCUT2D eigenvalue weighted by Crippen LogP contribution is -2.07. The van der Waals surface area contributed by atoms with E-state index in [0.717, 1.165) is 39.4 Å². The Bertz CT molecular complexity index is 1670. The van der Waals surface area contributed by atoms with E-state index in [1.54, 1.807) is 13.8 Å². The highest BCUT2D eigenvalue weighted by molar-refractivity contribution is 6.31. The first-order chi connectivity index (χ1) is 17.7. The van der Waals surface area contributed by atoms with E-state index < -0.39 is 23.8 Å². The number of fused-ring (bicyclic) bond motifs is 6. The van der Waals surface area contributed by atoms with Gasteiger partial charge in [0.1, 0.15) is 0 Å². The van der Waals surface area contributed by atoms with Gasteiger partial charge in [-0.2, -0.15) is 0 Å². The molecule has 1 aromatic heterocycles. The van der Waals surface area contributed by atoms with Crippen LogP contribution in [0.15, 0.2) is 78.9 Å². The summed E-state index contributed by atoms with van der Waals surface area (Å²) < 4.78 is 0. The van der Waals surface area contributed by atoms with E-state index in [2.05, 4.69) is 23.2 Å². The summed E-state index contributed by atoms with van der Waals surface area (Å²) in [5, 5.41) is 20.9. The fourth-order valence-corrected chi connectivity index (χ4v) is 5.05. The molecule has 2 unspecified atom stereocenters. The van der Waals surface area contributed by atoms with Gasteiger partial charge in [0.05, 0.1) is 11.8 Å². The molecule has 0 aliphatic heterocycles. The molecule has 2 atom stereocenters. The van der Waals surface area contributed by atoms with E-state index >= 15 is 0 Å². The van der Waals surface area contributed by atoms with Gasteiger partial charge in [-0.25, -0.2) is 0 Å². The van der Waals surface area contributed by atoms with Gasteiger partial charge in [0, 0.05) is 26.8 Å². The van der Waals surface area contributed by atoms with Gasteiger partial charge in [0.15, 0.2) is 0 Å². The van der Waals surface area contributed by atoms with Gasteiger partial charge in [-0.05, 0) is 77.9 Å². The molecule has 0 bridgehead atoms. The smallest absolute Gasteiger partial charge is 0.310 e. The number of aromatic amines is 1. The van der Waals surface area contributed by atoms with Crippen LogP contribution in [0.3, 0.4) is 0 Å². The zero-order valence-corrected chi connectivity index (χ0v) is 21.2. The summed E-state index contributed by atoms with van der Waals surface area (Å²) in [6.07, 6.45) is 0.908. The Morgan fingerprint density at radius 1 is 0.730 bits per heavy atom. The highest BCUT2D eigenvalue weighted by Crippen LogP contribution is 2.37. The fourth-order valence-electron chi connectivity index (χ4n) is 4.88.